The Morgan fingerprint density at radius 2 is 2.30 bits per heavy atom. The predicted molar refractivity (Wildman–Crippen MR) is 38.1 cm³/mol. The summed E-state index contributed by atoms with van der Waals surface area (Å²) in [5.74, 6) is 0. The van der Waals surface area contributed by atoms with Crippen LogP contribution in [0, 0.1) is 6.33 Å². The van der Waals surface area contributed by atoms with E-state index in [-0.39, 0.29) is 5.54 Å². The molecule has 3 heteroatoms. The van der Waals surface area contributed by atoms with E-state index in [2.05, 4.69) is 16.3 Å². The van der Waals surface area contributed by atoms with Crippen molar-refractivity contribution in [2.75, 3.05) is 0 Å². The molecule has 0 unspecified atom stereocenters. The number of rotatable bonds is 1. The van der Waals surface area contributed by atoms with Crippen LogP contribution in [0.3, 0.4) is 0 Å². The molecule has 0 amide bonds. The molecule has 1 heterocycles. The summed E-state index contributed by atoms with van der Waals surface area (Å²) in [6.07, 6.45) is 4.12. The van der Waals surface area contributed by atoms with E-state index in [9.17, 15) is 0 Å². The normalized spacial score (nSPS) is 11.5. The number of hydrogen-bond acceptors (Lipinski definition) is 3. The molecule has 1 radical (unpaired) electrons. The Bertz CT molecular complexity index is 200. The molecule has 1 aromatic heterocycles. The lowest BCUT2D eigenvalue weighted by Gasteiger charge is -2.16. The van der Waals surface area contributed by atoms with Crippen molar-refractivity contribution in [1.29, 1.82) is 0 Å². The second-order valence-electron chi connectivity index (χ2n) is 2.76. The van der Waals surface area contributed by atoms with Gasteiger partial charge in [-0.25, -0.2) is 9.97 Å². The van der Waals surface area contributed by atoms with Crippen molar-refractivity contribution in [3.63, 3.8) is 0 Å². The minimum atomic E-state index is -0.389. The summed E-state index contributed by atoms with van der Waals surface area (Å²) in [7, 11) is 0. The van der Waals surface area contributed by atoms with Crippen LogP contribution in [-0.4, -0.2) is 9.97 Å². The Morgan fingerprint density at radius 1 is 1.60 bits per heavy atom. The van der Waals surface area contributed by atoms with Gasteiger partial charge in [-0.05, 0) is 19.9 Å². The number of aromatic nitrogens is 2. The summed E-state index contributed by atoms with van der Waals surface area (Å²) < 4.78 is 0. The first kappa shape index (κ1) is 7.15. The van der Waals surface area contributed by atoms with Gasteiger partial charge in [0, 0.05) is 6.20 Å². The van der Waals surface area contributed by atoms with E-state index in [4.69, 9.17) is 5.73 Å². The van der Waals surface area contributed by atoms with Crippen LogP contribution in [0.15, 0.2) is 12.3 Å². The van der Waals surface area contributed by atoms with Gasteiger partial charge in [-0.2, -0.15) is 0 Å². The zero-order valence-corrected chi connectivity index (χ0v) is 6.13. The summed E-state index contributed by atoms with van der Waals surface area (Å²) in [6.45, 7) is 3.78. The summed E-state index contributed by atoms with van der Waals surface area (Å²) in [5.41, 5.74) is 6.16. The maximum atomic E-state index is 5.75. The predicted octanol–water partition coefficient (Wildman–Crippen LogP) is 0.471. The van der Waals surface area contributed by atoms with Crippen molar-refractivity contribution in [3.8, 4) is 0 Å². The fourth-order valence-electron chi connectivity index (χ4n) is 0.620. The maximum absolute atomic E-state index is 5.75. The van der Waals surface area contributed by atoms with Crippen LogP contribution in [0.25, 0.3) is 0 Å². The van der Waals surface area contributed by atoms with Gasteiger partial charge in [-0.15, -0.1) is 0 Å². The van der Waals surface area contributed by atoms with Gasteiger partial charge in [0.2, 0.25) is 0 Å². The van der Waals surface area contributed by atoms with E-state index in [1.165, 1.54) is 0 Å². The SMILES string of the molecule is CC(C)(N)c1ccn[c]n1. The minimum absolute atomic E-state index is 0.389. The molecule has 0 aliphatic carbocycles. The average molecular weight is 136 g/mol. The topological polar surface area (TPSA) is 51.8 Å². The third-order valence-corrected chi connectivity index (χ3v) is 1.20. The van der Waals surface area contributed by atoms with Gasteiger partial charge in [-0.3, -0.25) is 0 Å². The van der Waals surface area contributed by atoms with Crippen molar-refractivity contribution < 1.29 is 0 Å². The molecular weight excluding hydrogens is 126 g/mol. The Kier molecular flexibility index (Phi) is 1.68. The summed E-state index contributed by atoms with van der Waals surface area (Å²) in [5, 5.41) is 0. The van der Waals surface area contributed by atoms with Gasteiger partial charge >= 0.3 is 0 Å². The Labute approximate surface area is 60.3 Å². The van der Waals surface area contributed by atoms with Crippen LogP contribution in [0.5, 0.6) is 0 Å². The molecule has 1 rings (SSSR count). The first-order chi connectivity index (χ1) is 4.61. The van der Waals surface area contributed by atoms with Gasteiger partial charge < -0.3 is 5.73 Å². The van der Waals surface area contributed by atoms with Crippen LogP contribution < -0.4 is 5.73 Å². The monoisotopic (exact) mass is 136 g/mol. The van der Waals surface area contributed by atoms with Crippen LogP contribution in [0.1, 0.15) is 19.5 Å². The summed E-state index contributed by atoms with van der Waals surface area (Å²) >= 11 is 0. The van der Waals surface area contributed by atoms with Gasteiger partial charge in [0.15, 0.2) is 6.33 Å². The van der Waals surface area contributed by atoms with E-state index in [1.54, 1.807) is 12.3 Å². The van der Waals surface area contributed by atoms with Gasteiger partial charge in [-0.1, -0.05) is 0 Å². The second kappa shape index (κ2) is 2.34. The smallest absolute Gasteiger partial charge is 0.198 e. The highest BCUT2D eigenvalue weighted by Gasteiger charge is 2.14. The van der Waals surface area contributed by atoms with E-state index in [0.717, 1.165) is 5.69 Å². The fourth-order valence-corrected chi connectivity index (χ4v) is 0.620. The third-order valence-electron chi connectivity index (χ3n) is 1.20. The molecule has 0 aliphatic heterocycles. The zero-order chi connectivity index (χ0) is 7.61. The van der Waals surface area contributed by atoms with Crippen molar-refractivity contribution in [1.82, 2.24) is 9.97 Å². The molecule has 0 saturated heterocycles. The number of hydrogen-bond donors (Lipinski definition) is 1. The molecular formula is C7H10N3. The molecule has 3 nitrogen and oxygen atoms in total. The lowest BCUT2D eigenvalue weighted by molar-refractivity contribution is 0.533. The molecule has 0 spiro atoms. The molecule has 2 N–H and O–H groups in total. The average Bonchev–Trinajstić information content (AvgIpc) is 1.88. The minimum Gasteiger partial charge on any atom is -0.321 e. The zero-order valence-electron chi connectivity index (χ0n) is 6.13. The highest BCUT2D eigenvalue weighted by atomic mass is 14.9. The molecule has 0 bridgehead atoms. The highest BCUT2D eigenvalue weighted by Crippen LogP contribution is 2.10. The molecule has 0 atom stereocenters. The Hall–Kier alpha value is -0.960. The molecule has 0 aliphatic rings. The fraction of sp³-hybridized carbons (Fsp3) is 0.429. The quantitative estimate of drug-likeness (QED) is 0.610. The summed E-state index contributed by atoms with van der Waals surface area (Å²) in [6, 6.07) is 1.79. The number of nitrogens with two attached hydrogens (primary N) is 1. The van der Waals surface area contributed by atoms with Crippen molar-refractivity contribution in [3.05, 3.63) is 24.3 Å². The van der Waals surface area contributed by atoms with E-state index in [0.29, 0.717) is 0 Å². The van der Waals surface area contributed by atoms with Crippen LogP contribution >= 0.6 is 0 Å². The second-order valence-corrected chi connectivity index (χ2v) is 2.76. The van der Waals surface area contributed by atoms with Crippen LogP contribution in [0.2, 0.25) is 0 Å². The third kappa shape index (κ3) is 1.51. The Morgan fingerprint density at radius 3 is 2.60 bits per heavy atom. The van der Waals surface area contributed by atoms with Crippen molar-refractivity contribution in [2.24, 2.45) is 5.73 Å². The molecule has 0 saturated carbocycles. The molecule has 53 valence electrons. The largest absolute Gasteiger partial charge is 0.321 e. The highest BCUT2D eigenvalue weighted by molar-refractivity contribution is 5.08. The van der Waals surface area contributed by atoms with E-state index in [1.807, 2.05) is 13.8 Å². The van der Waals surface area contributed by atoms with E-state index < -0.39 is 0 Å². The molecule has 0 aromatic carbocycles. The number of nitrogens with zero attached hydrogens (tertiary/aromatic N) is 2. The molecule has 0 fully saturated rings. The van der Waals surface area contributed by atoms with E-state index >= 15 is 0 Å². The maximum Gasteiger partial charge on any atom is 0.198 e. The lowest BCUT2D eigenvalue weighted by atomic mass is 10.0. The van der Waals surface area contributed by atoms with Crippen molar-refractivity contribution >= 4 is 0 Å². The molecule has 10 heavy (non-hydrogen) atoms. The lowest BCUT2D eigenvalue weighted by Crippen LogP contribution is -2.29. The Balaban J connectivity index is 2.97. The first-order valence-corrected chi connectivity index (χ1v) is 3.09. The van der Waals surface area contributed by atoms with Gasteiger partial charge in [0.1, 0.15) is 0 Å². The summed E-state index contributed by atoms with van der Waals surface area (Å²) in [4.78, 5) is 7.56. The van der Waals surface area contributed by atoms with Crippen LogP contribution in [0.4, 0.5) is 0 Å². The van der Waals surface area contributed by atoms with Gasteiger partial charge in [0.05, 0.1) is 11.2 Å². The van der Waals surface area contributed by atoms with Crippen LogP contribution in [-0.2, 0) is 5.54 Å². The molecule has 1 aromatic rings. The van der Waals surface area contributed by atoms with Gasteiger partial charge in [0.25, 0.3) is 0 Å². The van der Waals surface area contributed by atoms with Crippen molar-refractivity contribution in [2.45, 2.75) is 19.4 Å². The standard InChI is InChI=1S/C7H10N3/c1-7(2,8)6-3-4-9-5-10-6/h3-4H,8H2,1-2H3. The first-order valence-electron chi connectivity index (χ1n) is 3.09.